The Labute approximate surface area is 106 Å². The van der Waals surface area contributed by atoms with Gasteiger partial charge in [0.1, 0.15) is 5.75 Å². The van der Waals surface area contributed by atoms with Gasteiger partial charge in [-0.1, -0.05) is 0 Å². The Hall–Kier alpha value is -2.09. The average molecular weight is 276 g/mol. The van der Waals surface area contributed by atoms with E-state index in [2.05, 4.69) is 5.32 Å². The van der Waals surface area contributed by atoms with E-state index < -0.39 is 23.3 Å². The molecule has 0 atom stereocenters. The fraction of sp³-hybridized carbons (Fsp3) is 0.273. The number of nitro groups is 1. The van der Waals surface area contributed by atoms with E-state index in [9.17, 15) is 28.4 Å². The summed E-state index contributed by atoms with van der Waals surface area (Å²) in [5.41, 5.74) is 0.0368. The summed E-state index contributed by atoms with van der Waals surface area (Å²) in [5, 5.41) is 22.6. The lowest BCUT2D eigenvalue weighted by Crippen LogP contribution is -2.15. The van der Waals surface area contributed by atoms with Gasteiger partial charge in [-0.05, 0) is 6.07 Å². The van der Waals surface area contributed by atoms with Crippen LogP contribution in [0.2, 0.25) is 0 Å². The number of halogens is 3. The van der Waals surface area contributed by atoms with Crippen molar-refractivity contribution < 1.29 is 23.2 Å². The van der Waals surface area contributed by atoms with Crippen molar-refractivity contribution in [2.75, 3.05) is 6.54 Å². The summed E-state index contributed by atoms with van der Waals surface area (Å²) < 4.78 is 35.9. The van der Waals surface area contributed by atoms with Gasteiger partial charge in [0, 0.05) is 37.2 Å². The van der Waals surface area contributed by atoms with Crippen molar-refractivity contribution in [3.05, 3.63) is 45.8 Å². The minimum atomic E-state index is -2.36. The van der Waals surface area contributed by atoms with Crippen LogP contribution in [-0.2, 0) is 6.54 Å². The molecule has 0 fully saturated rings. The van der Waals surface area contributed by atoms with Crippen LogP contribution >= 0.6 is 0 Å². The van der Waals surface area contributed by atoms with Gasteiger partial charge in [0.05, 0.1) is 4.92 Å². The maximum atomic E-state index is 12.5. The minimum absolute atomic E-state index is 0.00863. The first-order valence-corrected chi connectivity index (χ1v) is 5.28. The molecule has 1 aromatic carbocycles. The van der Waals surface area contributed by atoms with Crippen LogP contribution in [0.5, 0.6) is 5.75 Å². The second-order valence-corrected chi connectivity index (χ2v) is 3.66. The lowest BCUT2D eigenvalue weighted by Gasteiger charge is -2.06. The third-order valence-electron chi connectivity index (χ3n) is 2.32. The molecule has 0 bridgehead atoms. The molecule has 0 aromatic heterocycles. The molecule has 0 unspecified atom stereocenters. The SMILES string of the molecule is O=[N+]([O-])c1ccc(O)c(CNCCC(F)=C(F)F)c1. The van der Waals surface area contributed by atoms with E-state index in [1.807, 2.05) is 0 Å². The normalized spacial score (nSPS) is 10.3. The van der Waals surface area contributed by atoms with Crippen molar-refractivity contribution in [3.8, 4) is 5.75 Å². The van der Waals surface area contributed by atoms with Gasteiger partial charge in [-0.25, -0.2) is 4.39 Å². The number of phenolic OH excluding ortho intramolecular Hbond substituents is 1. The van der Waals surface area contributed by atoms with Crippen molar-refractivity contribution in [1.29, 1.82) is 0 Å². The lowest BCUT2D eigenvalue weighted by molar-refractivity contribution is -0.384. The maximum absolute atomic E-state index is 12.5. The molecule has 19 heavy (non-hydrogen) atoms. The molecular formula is C11H11F3N2O3. The van der Waals surface area contributed by atoms with Gasteiger partial charge in [0.15, 0.2) is 5.83 Å². The topological polar surface area (TPSA) is 75.4 Å². The van der Waals surface area contributed by atoms with Gasteiger partial charge < -0.3 is 10.4 Å². The number of hydrogen-bond donors (Lipinski definition) is 2. The van der Waals surface area contributed by atoms with Gasteiger partial charge in [-0.15, -0.1) is 0 Å². The molecule has 1 rings (SSSR count). The van der Waals surface area contributed by atoms with E-state index in [0.717, 1.165) is 18.2 Å². The zero-order valence-electron chi connectivity index (χ0n) is 9.70. The number of phenols is 1. The highest BCUT2D eigenvalue weighted by Crippen LogP contribution is 2.22. The molecule has 0 saturated heterocycles. The largest absolute Gasteiger partial charge is 0.508 e. The molecule has 0 aliphatic carbocycles. The van der Waals surface area contributed by atoms with Crippen LogP contribution in [0.1, 0.15) is 12.0 Å². The van der Waals surface area contributed by atoms with Gasteiger partial charge in [-0.3, -0.25) is 10.1 Å². The maximum Gasteiger partial charge on any atom is 0.301 e. The Morgan fingerprint density at radius 1 is 1.37 bits per heavy atom. The molecule has 0 saturated carbocycles. The molecule has 0 spiro atoms. The third kappa shape index (κ3) is 4.59. The number of nitro benzene ring substituents is 1. The standard InChI is InChI=1S/C11H11F3N2O3/c12-9(11(13)14)3-4-15-6-7-5-8(16(18)19)1-2-10(7)17/h1-2,5,15,17H,3-4,6H2. The molecule has 1 aromatic rings. The fourth-order valence-electron chi connectivity index (χ4n) is 1.34. The quantitative estimate of drug-likeness (QED) is 0.476. The van der Waals surface area contributed by atoms with Crippen molar-refractivity contribution in [3.63, 3.8) is 0 Å². The third-order valence-corrected chi connectivity index (χ3v) is 2.32. The molecule has 0 radical (unpaired) electrons. The van der Waals surface area contributed by atoms with Crippen LogP contribution in [0.3, 0.4) is 0 Å². The second kappa shape index (κ2) is 6.74. The Kier molecular flexibility index (Phi) is 5.31. The van der Waals surface area contributed by atoms with Crippen molar-refractivity contribution >= 4 is 5.69 Å². The van der Waals surface area contributed by atoms with Gasteiger partial charge >= 0.3 is 6.08 Å². The van der Waals surface area contributed by atoms with Crippen molar-refractivity contribution in [2.45, 2.75) is 13.0 Å². The number of benzene rings is 1. The Balaban J connectivity index is 2.56. The van der Waals surface area contributed by atoms with E-state index in [4.69, 9.17) is 0 Å². The number of nitrogens with one attached hydrogen (secondary N) is 1. The predicted molar refractivity (Wildman–Crippen MR) is 61.4 cm³/mol. The smallest absolute Gasteiger partial charge is 0.301 e. The monoisotopic (exact) mass is 276 g/mol. The van der Waals surface area contributed by atoms with Crippen molar-refractivity contribution in [2.24, 2.45) is 0 Å². The summed E-state index contributed by atoms with van der Waals surface area (Å²) in [4.78, 5) is 9.90. The van der Waals surface area contributed by atoms with E-state index >= 15 is 0 Å². The summed E-state index contributed by atoms with van der Waals surface area (Å²) >= 11 is 0. The first-order valence-electron chi connectivity index (χ1n) is 5.28. The van der Waals surface area contributed by atoms with E-state index in [0.29, 0.717) is 0 Å². The number of rotatable bonds is 6. The number of hydrogen-bond acceptors (Lipinski definition) is 4. The number of nitrogens with zero attached hydrogens (tertiary/aromatic N) is 1. The van der Waals surface area contributed by atoms with E-state index in [-0.39, 0.29) is 30.1 Å². The fourth-order valence-corrected chi connectivity index (χ4v) is 1.34. The predicted octanol–water partition coefficient (Wildman–Crippen LogP) is 2.86. The first-order chi connectivity index (χ1) is 8.91. The zero-order chi connectivity index (χ0) is 14.4. The van der Waals surface area contributed by atoms with Gasteiger partial charge in [-0.2, -0.15) is 8.78 Å². The van der Waals surface area contributed by atoms with Crippen LogP contribution < -0.4 is 5.32 Å². The van der Waals surface area contributed by atoms with Crippen LogP contribution in [0.25, 0.3) is 0 Å². The molecular weight excluding hydrogens is 265 g/mol. The molecule has 5 nitrogen and oxygen atoms in total. The molecule has 0 amide bonds. The summed E-state index contributed by atoms with van der Waals surface area (Å²) in [6, 6.07) is 3.46. The summed E-state index contributed by atoms with van der Waals surface area (Å²) in [6.07, 6.45) is -2.85. The lowest BCUT2D eigenvalue weighted by atomic mass is 10.1. The van der Waals surface area contributed by atoms with Gasteiger partial charge in [0.25, 0.3) is 5.69 Å². The molecule has 104 valence electrons. The highest BCUT2D eigenvalue weighted by molar-refractivity contribution is 5.42. The second-order valence-electron chi connectivity index (χ2n) is 3.66. The highest BCUT2D eigenvalue weighted by Gasteiger charge is 2.10. The average Bonchev–Trinajstić information content (AvgIpc) is 2.35. The highest BCUT2D eigenvalue weighted by atomic mass is 19.3. The minimum Gasteiger partial charge on any atom is -0.508 e. The number of aromatic hydroxyl groups is 1. The van der Waals surface area contributed by atoms with Crippen LogP contribution in [-0.4, -0.2) is 16.6 Å². The summed E-state index contributed by atoms with van der Waals surface area (Å²) in [5.74, 6) is -1.67. The first kappa shape index (κ1) is 15.0. The molecule has 0 heterocycles. The Morgan fingerprint density at radius 2 is 2.05 bits per heavy atom. The van der Waals surface area contributed by atoms with Crippen LogP contribution in [0.15, 0.2) is 30.1 Å². The van der Waals surface area contributed by atoms with Crippen LogP contribution in [0, 0.1) is 10.1 Å². The van der Waals surface area contributed by atoms with E-state index in [1.165, 1.54) is 0 Å². The van der Waals surface area contributed by atoms with Crippen molar-refractivity contribution in [1.82, 2.24) is 5.32 Å². The molecule has 0 aliphatic rings. The Bertz CT molecular complexity index is 502. The molecule has 2 N–H and O–H groups in total. The number of non-ortho nitro benzene ring substituents is 1. The summed E-state index contributed by atoms with van der Waals surface area (Å²) in [7, 11) is 0. The zero-order valence-corrected chi connectivity index (χ0v) is 9.70. The molecule has 0 aliphatic heterocycles. The summed E-state index contributed by atoms with van der Waals surface area (Å²) in [6.45, 7) is -0.0694. The van der Waals surface area contributed by atoms with Gasteiger partial charge in [0.2, 0.25) is 0 Å². The van der Waals surface area contributed by atoms with Crippen LogP contribution in [0.4, 0.5) is 18.9 Å². The van der Waals surface area contributed by atoms with E-state index in [1.54, 1.807) is 0 Å². The Morgan fingerprint density at radius 3 is 2.63 bits per heavy atom. The molecule has 8 heteroatoms.